The van der Waals surface area contributed by atoms with Crippen LogP contribution >= 0.6 is 0 Å². The summed E-state index contributed by atoms with van der Waals surface area (Å²) in [5, 5.41) is 19.6. The number of hydrogen-bond acceptors (Lipinski definition) is 3. The lowest BCUT2D eigenvalue weighted by molar-refractivity contribution is 0.0683. The van der Waals surface area contributed by atoms with E-state index in [1.165, 1.54) is 6.07 Å². The van der Waals surface area contributed by atoms with Crippen molar-refractivity contribution in [1.29, 1.82) is 0 Å². The van der Waals surface area contributed by atoms with Crippen LogP contribution in [0.2, 0.25) is 0 Å². The molecule has 5 heteroatoms. The Morgan fingerprint density at radius 2 is 1.80 bits per heavy atom. The van der Waals surface area contributed by atoms with E-state index in [1.807, 2.05) is 0 Å². The largest absolute Gasteiger partial charge is 0.478 e. The number of carboxylic acids is 2. The number of aromatic carboxylic acids is 2. The summed E-state index contributed by atoms with van der Waals surface area (Å²) in [4.78, 5) is 22.9. The summed E-state index contributed by atoms with van der Waals surface area (Å²) in [5.41, 5.74) is 0.804. The zero-order chi connectivity index (χ0) is 14.3. The summed E-state index contributed by atoms with van der Waals surface area (Å²) in [6, 6.07) is 8.13. The molecule has 0 bridgehead atoms. The quantitative estimate of drug-likeness (QED) is 0.833. The van der Waals surface area contributed by atoms with E-state index in [1.54, 1.807) is 24.3 Å². The Labute approximate surface area is 114 Å². The van der Waals surface area contributed by atoms with Crippen LogP contribution in [0.3, 0.4) is 0 Å². The third-order valence-corrected chi connectivity index (χ3v) is 3.42. The molecule has 1 unspecified atom stereocenters. The molecule has 0 spiro atoms. The second kappa shape index (κ2) is 4.61. The van der Waals surface area contributed by atoms with Crippen molar-refractivity contribution in [3.63, 3.8) is 0 Å². The monoisotopic (exact) mass is 272 g/mol. The van der Waals surface area contributed by atoms with E-state index in [0.717, 1.165) is 0 Å². The maximum atomic E-state index is 11.5. The summed E-state index contributed by atoms with van der Waals surface area (Å²) in [6.45, 7) is 0.592. The minimum atomic E-state index is -1.06. The van der Waals surface area contributed by atoms with Gasteiger partial charge in [0.25, 0.3) is 0 Å². The average Bonchev–Trinajstić information content (AvgIpc) is 3.21. The summed E-state index contributed by atoms with van der Waals surface area (Å²) >= 11 is 0. The summed E-state index contributed by atoms with van der Waals surface area (Å²) in [5.74, 6) is -2.11. The van der Waals surface area contributed by atoms with E-state index in [9.17, 15) is 19.8 Å². The maximum Gasteiger partial charge on any atom is 0.336 e. The number of hydrogen-bond donors (Lipinski definition) is 2. The van der Waals surface area contributed by atoms with Gasteiger partial charge in [0.05, 0.1) is 23.8 Å². The highest BCUT2D eigenvalue weighted by Crippen LogP contribution is 2.29. The second-order valence-corrected chi connectivity index (χ2v) is 4.77. The zero-order valence-corrected chi connectivity index (χ0v) is 10.5. The molecule has 2 aromatic carbocycles. The van der Waals surface area contributed by atoms with Crippen LogP contribution < -0.4 is 0 Å². The fourth-order valence-electron chi connectivity index (χ4n) is 2.45. The Bertz CT molecular complexity index is 716. The van der Waals surface area contributed by atoms with Gasteiger partial charge in [0, 0.05) is 6.42 Å². The van der Waals surface area contributed by atoms with Gasteiger partial charge in [-0.1, -0.05) is 24.3 Å². The van der Waals surface area contributed by atoms with Crippen LogP contribution in [-0.4, -0.2) is 34.9 Å². The minimum Gasteiger partial charge on any atom is -0.478 e. The van der Waals surface area contributed by atoms with Crippen molar-refractivity contribution in [2.45, 2.75) is 12.5 Å². The molecule has 1 atom stereocenters. The van der Waals surface area contributed by atoms with Gasteiger partial charge < -0.3 is 14.9 Å². The molecule has 2 N–H and O–H groups in total. The van der Waals surface area contributed by atoms with Gasteiger partial charge in [-0.3, -0.25) is 0 Å². The van der Waals surface area contributed by atoms with Gasteiger partial charge in [-0.2, -0.15) is 0 Å². The molecule has 2 aromatic rings. The summed E-state index contributed by atoms with van der Waals surface area (Å²) in [6.07, 6.45) is 0.420. The van der Waals surface area contributed by atoms with E-state index in [2.05, 4.69) is 0 Å². The topological polar surface area (TPSA) is 87.1 Å². The number of ether oxygens (including phenoxy) is 1. The Morgan fingerprint density at radius 1 is 1.15 bits per heavy atom. The molecule has 0 aliphatic carbocycles. The first-order chi connectivity index (χ1) is 9.58. The average molecular weight is 272 g/mol. The molecule has 0 radical (unpaired) electrons. The van der Waals surface area contributed by atoms with Crippen LogP contribution in [-0.2, 0) is 11.2 Å². The maximum absolute atomic E-state index is 11.5. The normalized spacial score (nSPS) is 17.1. The molecule has 1 fully saturated rings. The van der Waals surface area contributed by atoms with E-state index in [4.69, 9.17) is 4.74 Å². The number of epoxide rings is 1. The van der Waals surface area contributed by atoms with Crippen molar-refractivity contribution in [2.24, 2.45) is 0 Å². The lowest BCUT2D eigenvalue weighted by Crippen LogP contribution is -2.10. The number of carboxylic acid groups (broad SMARTS) is 2. The number of rotatable bonds is 4. The van der Waals surface area contributed by atoms with Crippen LogP contribution in [0.4, 0.5) is 0 Å². The number of benzene rings is 2. The van der Waals surface area contributed by atoms with Gasteiger partial charge in [-0.05, 0) is 22.4 Å². The second-order valence-electron chi connectivity index (χ2n) is 4.77. The molecule has 5 nitrogen and oxygen atoms in total. The highest BCUT2D eigenvalue weighted by molar-refractivity contribution is 6.12. The molecule has 3 rings (SSSR count). The predicted molar refractivity (Wildman–Crippen MR) is 71.3 cm³/mol. The van der Waals surface area contributed by atoms with Crippen molar-refractivity contribution < 1.29 is 24.5 Å². The Hall–Kier alpha value is -2.40. The summed E-state index contributed by atoms with van der Waals surface area (Å²) in [7, 11) is 0. The molecular formula is C15H12O5. The van der Waals surface area contributed by atoms with Gasteiger partial charge in [-0.15, -0.1) is 0 Å². The summed E-state index contributed by atoms with van der Waals surface area (Å²) < 4.78 is 5.12. The first-order valence-corrected chi connectivity index (χ1v) is 6.20. The predicted octanol–water partition coefficient (Wildman–Crippen LogP) is 2.18. The molecule has 20 heavy (non-hydrogen) atoms. The van der Waals surface area contributed by atoms with Gasteiger partial charge in [0.2, 0.25) is 0 Å². The third kappa shape index (κ3) is 2.12. The van der Waals surface area contributed by atoms with Crippen molar-refractivity contribution in [3.8, 4) is 0 Å². The fraction of sp³-hybridized carbons (Fsp3) is 0.200. The molecule has 0 saturated carbocycles. The van der Waals surface area contributed by atoms with Crippen molar-refractivity contribution >= 4 is 22.7 Å². The fourth-order valence-corrected chi connectivity index (χ4v) is 2.45. The van der Waals surface area contributed by atoms with Crippen LogP contribution in [0.1, 0.15) is 26.3 Å². The van der Waals surface area contributed by atoms with Gasteiger partial charge in [0.1, 0.15) is 0 Å². The molecule has 1 aliphatic rings. The zero-order valence-electron chi connectivity index (χ0n) is 10.5. The standard InChI is InChI=1S/C15H12O5/c16-14(17)12-6-8(5-9-7-20-9)13(15(18)19)11-4-2-1-3-10(11)12/h1-4,6,9H,5,7H2,(H,16,17)(H,18,19). The number of carbonyl (C=O) groups is 2. The SMILES string of the molecule is O=C(O)c1cc(CC2CO2)c(C(=O)O)c2ccccc12. The van der Waals surface area contributed by atoms with Gasteiger partial charge in [0.15, 0.2) is 0 Å². The smallest absolute Gasteiger partial charge is 0.336 e. The first kappa shape index (κ1) is 12.6. The van der Waals surface area contributed by atoms with E-state index in [0.29, 0.717) is 29.4 Å². The Kier molecular flexibility index (Phi) is 2.91. The molecular weight excluding hydrogens is 260 g/mol. The van der Waals surface area contributed by atoms with Gasteiger partial charge in [-0.25, -0.2) is 9.59 Å². The van der Waals surface area contributed by atoms with Crippen molar-refractivity contribution in [3.05, 3.63) is 47.0 Å². The first-order valence-electron chi connectivity index (χ1n) is 6.20. The lowest BCUT2D eigenvalue weighted by atomic mass is 9.92. The number of fused-ring (bicyclic) bond motifs is 1. The third-order valence-electron chi connectivity index (χ3n) is 3.42. The van der Waals surface area contributed by atoms with E-state index >= 15 is 0 Å². The van der Waals surface area contributed by atoms with E-state index in [-0.39, 0.29) is 17.2 Å². The molecule has 102 valence electrons. The lowest BCUT2D eigenvalue weighted by Gasteiger charge is -2.11. The molecule has 1 heterocycles. The van der Waals surface area contributed by atoms with Crippen LogP contribution in [0.15, 0.2) is 30.3 Å². The van der Waals surface area contributed by atoms with Gasteiger partial charge >= 0.3 is 11.9 Å². The molecule has 0 amide bonds. The van der Waals surface area contributed by atoms with Crippen molar-refractivity contribution in [2.75, 3.05) is 6.61 Å². The van der Waals surface area contributed by atoms with Crippen LogP contribution in [0.25, 0.3) is 10.8 Å². The highest BCUT2D eigenvalue weighted by atomic mass is 16.6. The molecule has 1 aliphatic heterocycles. The highest BCUT2D eigenvalue weighted by Gasteiger charge is 2.27. The molecule has 1 saturated heterocycles. The Morgan fingerprint density at radius 3 is 2.35 bits per heavy atom. The van der Waals surface area contributed by atoms with Crippen molar-refractivity contribution in [1.82, 2.24) is 0 Å². The van der Waals surface area contributed by atoms with Crippen LogP contribution in [0, 0.1) is 0 Å². The minimum absolute atomic E-state index is 0.00379. The van der Waals surface area contributed by atoms with Crippen LogP contribution in [0.5, 0.6) is 0 Å². The molecule has 0 aromatic heterocycles. The Balaban J connectivity index is 2.32. The van der Waals surface area contributed by atoms with E-state index < -0.39 is 11.9 Å².